The number of carbonyl (C=O) groups is 2. The van der Waals surface area contributed by atoms with Crippen molar-refractivity contribution in [3.05, 3.63) is 29.3 Å². The number of esters is 1. The van der Waals surface area contributed by atoms with Crippen LogP contribution in [0.25, 0.3) is 0 Å². The van der Waals surface area contributed by atoms with E-state index in [-0.39, 0.29) is 17.3 Å². The number of benzene rings is 1. The first-order chi connectivity index (χ1) is 9.61. The molecule has 0 aliphatic rings. The van der Waals surface area contributed by atoms with Crippen molar-refractivity contribution in [3.63, 3.8) is 0 Å². The maximum atomic E-state index is 12.5. The highest BCUT2D eigenvalue weighted by molar-refractivity contribution is 5.96. The zero-order valence-electron chi connectivity index (χ0n) is 11.5. The minimum absolute atomic E-state index is 0.118. The van der Waals surface area contributed by atoms with Crippen molar-refractivity contribution in [3.8, 4) is 0 Å². The van der Waals surface area contributed by atoms with E-state index in [1.165, 1.54) is 0 Å². The number of rotatable bonds is 4. The fourth-order valence-electron chi connectivity index (χ4n) is 1.50. The number of alkyl halides is 3. The maximum absolute atomic E-state index is 12.5. The Labute approximate surface area is 119 Å². The van der Waals surface area contributed by atoms with Crippen LogP contribution in [0.1, 0.15) is 29.8 Å². The minimum atomic E-state index is -4.55. The van der Waals surface area contributed by atoms with Crippen LogP contribution in [0.3, 0.4) is 0 Å². The number of nitrogens with two attached hydrogens (primary N) is 1. The number of carbonyl (C=O) groups excluding carboxylic acids is 2. The second-order valence-electron chi connectivity index (χ2n) is 4.60. The molecular weight excluding hydrogens is 289 g/mol. The molecule has 0 aliphatic carbocycles. The maximum Gasteiger partial charge on any atom is 0.416 e. The first-order valence-electron chi connectivity index (χ1n) is 6.04. The number of ether oxygens (including phenoxy) is 1. The third kappa shape index (κ3) is 4.97. The Kier molecular flexibility index (Phi) is 5.17. The monoisotopic (exact) mass is 304 g/mol. The Balaban J connectivity index is 2.73. The van der Waals surface area contributed by atoms with Crippen LogP contribution >= 0.6 is 0 Å². The molecule has 5 nitrogen and oxygen atoms in total. The summed E-state index contributed by atoms with van der Waals surface area (Å²) in [5, 5.41) is 2.50. The van der Waals surface area contributed by atoms with Gasteiger partial charge in [0.15, 0.2) is 6.61 Å². The topological polar surface area (TPSA) is 81.4 Å². The summed E-state index contributed by atoms with van der Waals surface area (Å²) in [6.07, 6.45) is -4.55. The summed E-state index contributed by atoms with van der Waals surface area (Å²) in [4.78, 5) is 22.9. The molecule has 0 saturated heterocycles. The van der Waals surface area contributed by atoms with Gasteiger partial charge < -0.3 is 15.8 Å². The summed E-state index contributed by atoms with van der Waals surface area (Å²) in [5.41, 5.74) is 3.86. The van der Waals surface area contributed by atoms with Gasteiger partial charge in [-0.2, -0.15) is 13.2 Å². The molecule has 1 rings (SSSR count). The SMILES string of the molecule is CC(C)NC(=O)COC(=O)c1ccc(C(F)(F)F)cc1N. The smallest absolute Gasteiger partial charge is 0.416 e. The van der Waals surface area contributed by atoms with Crippen LogP contribution in [0.2, 0.25) is 0 Å². The lowest BCUT2D eigenvalue weighted by atomic mass is 10.1. The van der Waals surface area contributed by atoms with Crippen molar-refractivity contribution >= 4 is 17.6 Å². The van der Waals surface area contributed by atoms with E-state index in [0.717, 1.165) is 12.1 Å². The summed E-state index contributed by atoms with van der Waals surface area (Å²) in [6.45, 7) is 2.93. The second-order valence-corrected chi connectivity index (χ2v) is 4.60. The number of nitrogen functional groups attached to an aromatic ring is 1. The third-order valence-electron chi connectivity index (χ3n) is 2.38. The molecule has 0 bridgehead atoms. The quantitative estimate of drug-likeness (QED) is 0.658. The molecule has 3 N–H and O–H groups in total. The van der Waals surface area contributed by atoms with Gasteiger partial charge in [-0.25, -0.2) is 4.79 Å². The number of hydrogen-bond donors (Lipinski definition) is 2. The number of nitrogens with one attached hydrogen (secondary N) is 1. The lowest BCUT2D eigenvalue weighted by Crippen LogP contribution is -2.34. The van der Waals surface area contributed by atoms with Crippen molar-refractivity contribution in [1.29, 1.82) is 0 Å². The van der Waals surface area contributed by atoms with E-state index < -0.39 is 30.2 Å². The molecular formula is C13H15F3N2O3. The summed E-state index contributed by atoms with van der Waals surface area (Å²) >= 11 is 0. The molecule has 116 valence electrons. The molecule has 21 heavy (non-hydrogen) atoms. The van der Waals surface area contributed by atoms with Crippen molar-refractivity contribution in [1.82, 2.24) is 5.32 Å². The summed E-state index contributed by atoms with van der Waals surface area (Å²) < 4.78 is 42.0. The molecule has 0 unspecified atom stereocenters. The van der Waals surface area contributed by atoms with Crippen molar-refractivity contribution in [2.45, 2.75) is 26.1 Å². The van der Waals surface area contributed by atoms with Gasteiger partial charge in [0.05, 0.1) is 11.1 Å². The fraction of sp³-hybridized carbons (Fsp3) is 0.385. The van der Waals surface area contributed by atoms with Gasteiger partial charge in [-0.15, -0.1) is 0 Å². The average molecular weight is 304 g/mol. The number of amides is 1. The van der Waals surface area contributed by atoms with Crippen LogP contribution in [0.15, 0.2) is 18.2 Å². The van der Waals surface area contributed by atoms with E-state index in [0.29, 0.717) is 6.07 Å². The van der Waals surface area contributed by atoms with Gasteiger partial charge in [-0.05, 0) is 32.0 Å². The van der Waals surface area contributed by atoms with Crippen LogP contribution in [0, 0.1) is 0 Å². The number of halogens is 3. The molecule has 0 spiro atoms. The predicted octanol–water partition coefficient (Wildman–Crippen LogP) is 1.97. The van der Waals surface area contributed by atoms with Gasteiger partial charge in [-0.1, -0.05) is 0 Å². The third-order valence-corrected chi connectivity index (χ3v) is 2.38. The predicted molar refractivity (Wildman–Crippen MR) is 69.4 cm³/mol. The highest BCUT2D eigenvalue weighted by Gasteiger charge is 2.31. The van der Waals surface area contributed by atoms with Gasteiger partial charge in [0.2, 0.25) is 0 Å². The summed E-state index contributed by atoms with van der Waals surface area (Å²) in [6, 6.07) is 2.17. The largest absolute Gasteiger partial charge is 0.452 e. The zero-order valence-corrected chi connectivity index (χ0v) is 11.5. The highest BCUT2D eigenvalue weighted by Crippen LogP contribution is 2.31. The van der Waals surface area contributed by atoms with E-state index in [4.69, 9.17) is 5.73 Å². The molecule has 0 aliphatic heterocycles. The first-order valence-corrected chi connectivity index (χ1v) is 6.04. The van der Waals surface area contributed by atoms with Crippen LogP contribution < -0.4 is 11.1 Å². The molecule has 0 radical (unpaired) electrons. The van der Waals surface area contributed by atoms with E-state index in [9.17, 15) is 22.8 Å². The molecule has 1 amide bonds. The molecule has 0 fully saturated rings. The first kappa shape index (κ1) is 16.8. The van der Waals surface area contributed by atoms with Gasteiger partial charge >= 0.3 is 12.1 Å². The van der Waals surface area contributed by atoms with Crippen LogP contribution in [-0.2, 0) is 15.7 Å². The molecule has 0 atom stereocenters. The summed E-state index contributed by atoms with van der Waals surface area (Å²) in [7, 11) is 0. The standard InChI is InChI=1S/C13H15F3N2O3/c1-7(2)18-11(19)6-21-12(20)9-4-3-8(5-10(9)17)13(14,15)16/h3-5,7H,6,17H2,1-2H3,(H,18,19). The van der Waals surface area contributed by atoms with E-state index >= 15 is 0 Å². The van der Waals surface area contributed by atoms with E-state index in [1.807, 2.05) is 0 Å². The average Bonchev–Trinajstić information content (AvgIpc) is 2.33. The molecule has 0 saturated carbocycles. The van der Waals surface area contributed by atoms with Gasteiger partial charge in [0.1, 0.15) is 0 Å². The molecule has 8 heteroatoms. The van der Waals surface area contributed by atoms with Crippen molar-refractivity contribution < 1.29 is 27.5 Å². The number of hydrogen-bond acceptors (Lipinski definition) is 4. The van der Waals surface area contributed by atoms with Crippen molar-refractivity contribution in [2.24, 2.45) is 0 Å². The Morgan fingerprint density at radius 1 is 1.33 bits per heavy atom. The second kappa shape index (κ2) is 6.47. The van der Waals surface area contributed by atoms with Gasteiger partial charge in [0, 0.05) is 11.7 Å². The Morgan fingerprint density at radius 2 is 1.95 bits per heavy atom. The summed E-state index contributed by atoms with van der Waals surface area (Å²) in [5.74, 6) is -1.47. The van der Waals surface area contributed by atoms with Gasteiger partial charge in [0.25, 0.3) is 5.91 Å². The fourth-order valence-corrected chi connectivity index (χ4v) is 1.50. The molecule has 0 heterocycles. The van der Waals surface area contributed by atoms with Gasteiger partial charge in [-0.3, -0.25) is 4.79 Å². The lowest BCUT2D eigenvalue weighted by Gasteiger charge is -2.11. The van der Waals surface area contributed by atoms with E-state index in [1.54, 1.807) is 13.8 Å². The van der Waals surface area contributed by atoms with Crippen LogP contribution in [0.4, 0.5) is 18.9 Å². The molecule has 1 aromatic carbocycles. The highest BCUT2D eigenvalue weighted by atomic mass is 19.4. The Bertz CT molecular complexity index is 542. The Morgan fingerprint density at radius 3 is 2.43 bits per heavy atom. The number of anilines is 1. The normalized spacial score (nSPS) is 11.3. The van der Waals surface area contributed by atoms with Crippen molar-refractivity contribution in [2.75, 3.05) is 12.3 Å². The Hall–Kier alpha value is -2.25. The van der Waals surface area contributed by atoms with Crippen LogP contribution in [-0.4, -0.2) is 24.5 Å². The molecule has 0 aromatic heterocycles. The lowest BCUT2D eigenvalue weighted by molar-refractivity contribution is -0.137. The zero-order chi connectivity index (χ0) is 16.2. The van der Waals surface area contributed by atoms with Crippen LogP contribution in [0.5, 0.6) is 0 Å². The molecule has 1 aromatic rings. The minimum Gasteiger partial charge on any atom is -0.452 e. The van der Waals surface area contributed by atoms with E-state index in [2.05, 4.69) is 10.1 Å².